The Labute approximate surface area is 112 Å². The van der Waals surface area contributed by atoms with Crippen molar-refractivity contribution in [2.75, 3.05) is 5.32 Å². The van der Waals surface area contributed by atoms with Crippen LogP contribution in [0.5, 0.6) is 5.75 Å². The summed E-state index contributed by atoms with van der Waals surface area (Å²) in [5.41, 5.74) is 2.05. The first-order valence-electron chi connectivity index (χ1n) is 5.86. The van der Waals surface area contributed by atoms with Gasteiger partial charge in [-0.1, -0.05) is 11.6 Å². The molecule has 0 aliphatic rings. The second kappa shape index (κ2) is 5.83. The van der Waals surface area contributed by atoms with E-state index in [4.69, 9.17) is 20.8 Å². The van der Waals surface area contributed by atoms with Gasteiger partial charge >= 0.3 is 0 Å². The molecule has 0 amide bonds. The van der Waals surface area contributed by atoms with E-state index < -0.39 is 0 Å². The minimum atomic E-state index is 0.118. The molecular formula is C14H16ClNO2. The van der Waals surface area contributed by atoms with E-state index in [1.807, 2.05) is 38.1 Å². The average Bonchev–Trinajstić information content (AvgIpc) is 2.82. The monoisotopic (exact) mass is 265 g/mol. The molecule has 0 saturated carbocycles. The van der Waals surface area contributed by atoms with Gasteiger partial charge in [-0.2, -0.15) is 0 Å². The average molecular weight is 266 g/mol. The van der Waals surface area contributed by atoms with Crippen molar-refractivity contribution in [1.29, 1.82) is 0 Å². The molecule has 96 valence electrons. The van der Waals surface area contributed by atoms with Crippen molar-refractivity contribution in [2.24, 2.45) is 0 Å². The summed E-state index contributed by atoms with van der Waals surface area (Å²) in [6.45, 7) is 4.65. The van der Waals surface area contributed by atoms with Crippen LogP contribution in [0.1, 0.15) is 19.4 Å². The molecule has 1 N–H and O–H groups in total. The van der Waals surface area contributed by atoms with Crippen LogP contribution in [-0.2, 0) is 6.54 Å². The van der Waals surface area contributed by atoms with E-state index in [1.165, 1.54) is 0 Å². The van der Waals surface area contributed by atoms with Crippen molar-refractivity contribution in [2.45, 2.75) is 26.5 Å². The summed E-state index contributed by atoms with van der Waals surface area (Å²) in [5.74, 6) is 0.709. The van der Waals surface area contributed by atoms with E-state index in [-0.39, 0.29) is 6.10 Å². The summed E-state index contributed by atoms with van der Waals surface area (Å²) < 4.78 is 10.6. The van der Waals surface area contributed by atoms with Gasteiger partial charge < -0.3 is 14.5 Å². The maximum atomic E-state index is 6.15. The van der Waals surface area contributed by atoms with Crippen molar-refractivity contribution in [1.82, 2.24) is 0 Å². The lowest BCUT2D eigenvalue weighted by atomic mass is 10.2. The Balaban J connectivity index is 2.00. The topological polar surface area (TPSA) is 34.4 Å². The van der Waals surface area contributed by atoms with Gasteiger partial charge in [0.2, 0.25) is 0 Å². The van der Waals surface area contributed by atoms with Crippen molar-refractivity contribution >= 4 is 17.3 Å². The van der Waals surface area contributed by atoms with Crippen LogP contribution in [-0.4, -0.2) is 6.10 Å². The Morgan fingerprint density at radius 3 is 2.78 bits per heavy atom. The second-order valence-electron chi connectivity index (χ2n) is 4.30. The van der Waals surface area contributed by atoms with Gasteiger partial charge in [0, 0.05) is 17.8 Å². The molecule has 1 aromatic heterocycles. The summed E-state index contributed by atoms with van der Waals surface area (Å²) >= 11 is 6.15. The van der Waals surface area contributed by atoms with E-state index in [0.717, 1.165) is 11.3 Å². The van der Waals surface area contributed by atoms with Gasteiger partial charge in [0.25, 0.3) is 0 Å². The molecule has 0 unspecified atom stereocenters. The SMILES string of the molecule is CC(C)Oc1ccc(NCc2ccoc2)cc1Cl. The largest absolute Gasteiger partial charge is 0.489 e. The zero-order chi connectivity index (χ0) is 13.0. The lowest BCUT2D eigenvalue weighted by molar-refractivity contribution is 0.242. The molecule has 0 atom stereocenters. The van der Waals surface area contributed by atoms with Crippen LogP contribution < -0.4 is 10.1 Å². The van der Waals surface area contributed by atoms with E-state index in [1.54, 1.807) is 12.5 Å². The van der Waals surface area contributed by atoms with Crippen LogP contribution in [0.15, 0.2) is 41.2 Å². The van der Waals surface area contributed by atoms with E-state index in [9.17, 15) is 0 Å². The summed E-state index contributed by atoms with van der Waals surface area (Å²) in [7, 11) is 0. The highest BCUT2D eigenvalue weighted by Crippen LogP contribution is 2.28. The first kappa shape index (κ1) is 12.8. The first-order chi connectivity index (χ1) is 8.65. The van der Waals surface area contributed by atoms with Crippen LogP contribution in [0.4, 0.5) is 5.69 Å². The standard InChI is InChI=1S/C14H16ClNO2/c1-10(2)18-14-4-3-12(7-13(14)15)16-8-11-5-6-17-9-11/h3-7,9-10,16H,8H2,1-2H3. The highest BCUT2D eigenvalue weighted by Gasteiger charge is 2.05. The van der Waals surface area contributed by atoms with E-state index >= 15 is 0 Å². The summed E-state index contributed by atoms with van der Waals surface area (Å²) in [6.07, 6.45) is 3.49. The van der Waals surface area contributed by atoms with Crippen molar-refractivity contribution < 1.29 is 9.15 Å². The van der Waals surface area contributed by atoms with Crippen LogP contribution in [0, 0.1) is 0 Å². The second-order valence-corrected chi connectivity index (χ2v) is 4.70. The molecule has 0 spiro atoms. The predicted octanol–water partition coefficient (Wildman–Crippen LogP) is 4.33. The Morgan fingerprint density at radius 2 is 2.17 bits per heavy atom. The van der Waals surface area contributed by atoms with Gasteiger partial charge in [0.05, 0.1) is 23.7 Å². The number of rotatable bonds is 5. The molecule has 0 aliphatic carbocycles. The molecule has 4 heteroatoms. The minimum absolute atomic E-state index is 0.118. The predicted molar refractivity (Wildman–Crippen MR) is 73.3 cm³/mol. The lowest BCUT2D eigenvalue weighted by Gasteiger charge is -2.12. The van der Waals surface area contributed by atoms with Gasteiger partial charge in [-0.05, 0) is 38.1 Å². The van der Waals surface area contributed by atoms with Gasteiger partial charge in [0.15, 0.2) is 0 Å². The highest BCUT2D eigenvalue weighted by atomic mass is 35.5. The summed E-state index contributed by atoms with van der Waals surface area (Å²) in [6, 6.07) is 7.61. The molecular weight excluding hydrogens is 250 g/mol. The third kappa shape index (κ3) is 3.44. The van der Waals surface area contributed by atoms with Crippen LogP contribution in [0.2, 0.25) is 5.02 Å². The Hall–Kier alpha value is -1.61. The number of ether oxygens (including phenoxy) is 1. The van der Waals surface area contributed by atoms with Crippen molar-refractivity contribution in [3.63, 3.8) is 0 Å². The molecule has 2 rings (SSSR count). The van der Waals surface area contributed by atoms with Gasteiger partial charge in [0.1, 0.15) is 5.75 Å². The Kier molecular flexibility index (Phi) is 4.15. The quantitative estimate of drug-likeness (QED) is 0.874. The van der Waals surface area contributed by atoms with E-state index in [0.29, 0.717) is 17.3 Å². The Bertz CT molecular complexity index is 495. The van der Waals surface area contributed by atoms with Crippen LogP contribution in [0.3, 0.4) is 0 Å². The van der Waals surface area contributed by atoms with Gasteiger partial charge in [-0.3, -0.25) is 0 Å². The maximum absolute atomic E-state index is 6.15. The van der Waals surface area contributed by atoms with Gasteiger partial charge in [-0.15, -0.1) is 0 Å². The number of anilines is 1. The number of hydrogen-bond acceptors (Lipinski definition) is 3. The number of halogens is 1. The lowest BCUT2D eigenvalue weighted by Crippen LogP contribution is -2.06. The molecule has 0 bridgehead atoms. The molecule has 3 nitrogen and oxygen atoms in total. The zero-order valence-electron chi connectivity index (χ0n) is 10.4. The Morgan fingerprint density at radius 1 is 1.33 bits per heavy atom. The zero-order valence-corrected chi connectivity index (χ0v) is 11.2. The number of furan rings is 1. The summed E-state index contributed by atoms with van der Waals surface area (Å²) in [4.78, 5) is 0. The fourth-order valence-electron chi connectivity index (χ4n) is 1.56. The number of benzene rings is 1. The summed E-state index contributed by atoms with van der Waals surface area (Å²) in [5, 5.41) is 3.88. The maximum Gasteiger partial charge on any atom is 0.138 e. The highest BCUT2D eigenvalue weighted by molar-refractivity contribution is 6.32. The van der Waals surface area contributed by atoms with Crippen molar-refractivity contribution in [3.8, 4) is 5.75 Å². The first-order valence-corrected chi connectivity index (χ1v) is 6.24. The molecule has 2 aromatic rings. The van der Waals surface area contributed by atoms with Crippen LogP contribution in [0.25, 0.3) is 0 Å². The normalized spacial score (nSPS) is 10.7. The van der Waals surface area contributed by atoms with E-state index in [2.05, 4.69) is 5.32 Å². The fraction of sp³-hybridized carbons (Fsp3) is 0.286. The smallest absolute Gasteiger partial charge is 0.138 e. The third-order valence-electron chi connectivity index (χ3n) is 2.37. The molecule has 0 saturated heterocycles. The minimum Gasteiger partial charge on any atom is -0.489 e. The number of nitrogens with one attached hydrogen (secondary N) is 1. The third-order valence-corrected chi connectivity index (χ3v) is 2.67. The molecule has 1 heterocycles. The molecule has 18 heavy (non-hydrogen) atoms. The van der Waals surface area contributed by atoms with Crippen molar-refractivity contribution in [3.05, 3.63) is 47.4 Å². The molecule has 0 fully saturated rings. The molecule has 1 aromatic carbocycles. The molecule has 0 aliphatic heterocycles. The molecule has 0 radical (unpaired) electrons. The van der Waals surface area contributed by atoms with Crippen LogP contribution >= 0.6 is 11.6 Å². The van der Waals surface area contributed by atoms with Gasteiger partial charge in [-0.25, -0.2) is 0 Å². The fourth-order valence-corrected chi connectivity index (χ4v) is 1.78. The number of hydrogen-bond donors (Lipinski definition) is 1.